The molecule has 1 fully saturated rings. The van der Waals surface area contributed by atoms with Gasteiger partial charge in [-0.15, -0.1) is 0 Å². The molecule has 1 aliphatic carbocycles. The Morgan fingerprint density at radius 2 is 1.90 bits per heavy atom. The molecule has 0 radical (unpaired) electrons. The summed E-state index contributed by atoms with van der Waals surface area (Å²) in [6.07, 6.45) is 8.39. The van der Waals surface area contributed by atoms with Crippen LogP contribution in [0.25, 0.3) is 0 Å². The number of carbonyl (C=O) groups is 1. The number of ether oxygens (including phenoxy) is 1. The molecule has 7 nitrogen and oxygen atoms in total. The fourth-order valence-electron chi connectivity index (χ4n) is 5.99. The molecule has 216 valence electrons. The van der Waals surface area contributed by atoms with Gasteiger partial charge in [0, 0.05) is 23.7 Å². The van der Waals surface area contributed by atoms with Gasteiger partial charge in [-0.25, -0.2) is 13.1 Å². The lowest BCUT2D eigenvalue weighted by molar-refractivity contribution is 0.0461. The Labute approximate surface area is 242 Å². The van der Waals surface area contributed by atoms with Gasteiger partial charge >= 0.3 is 0 Å². The van der Waals surface area contributed by atoms with Crippen molar-refractivity contribution in [3.05, 3.63) is 70.3 Å². The third kappa shape index (κ3) is 6.34. The van der Waals surface area contributed by atoms with Crippen LogP contribution in [0.4, 0.5) is 5.69 Å². The Bertz CT molecular complexity index is 1380. The summed E-state index contributed by atoms with van der Waals surface area (Å²) < 4.78 is 34.8. The van der Waals surface area contributed by atoms with Crippen LogP contribution in [0.1, 0.15) is 67.4 Å². The maximum atomic E-state index is 13.3. The molecule has 0 aromatic heterocycles. The van der Waals surface area contributed by atoms with E-state index in [0.717, 1.165) is 56.4 Å². The number of allylic oxidation sites excluding steroid dienone is 1. The quantitative estimate of drug-likeness (QED) is 0.396. The summed E-state index contributed by atoms with van der Waals surface area (Å²) in [5.41, 5.74) is 3.29. The molecule has 2 aromatic carbocycles. The molecule has 0 saturated heterocycles. The molecule has 1 saturated carbocycles. The first-order valence-corrected chi connectivity index (χ1v) is 16.2. The topological polar surface area (TPSA) is 95.9 Å². The number of aliphatic hydroxyl groups is 1. The van der Waals surface area contributed by atoms with Crippen LogP contribution in [0.5, 0.6) is 5.75 Å². The van der Waals surface area contributed by atoms with Crippen molar-refractivity contribution in [2.45, 2.75) is 70.3 Å². The van der Waals surface area contributed by atoms with Crippen molar-refractivity contribution in [1.29, 1.82) is 0 Å². The van der Waals surface area contributed by atoms with E-state index in [4.69, 9.17) is 16.3 Å². The number of carbonyl (C=O) groups excluding carboxylic acids is 1. The first-order chi connectivity index (χ1) is 19.1. The zero-order valence-electron chi connectivity index (χ0n) is 23.2. The van der Waals surface area contributed by atoms with Crippen LogP contribution in [-0.2, 0) is 23.1 Å². The summed E-state index contributed by atoms with van der Waals surface area (Å²) in [6, 6.07) is 11.0. The van der Waals surface area contributed by atoms with Crippen molar-refractivity contribution in [1.82, 2.24) is 4.72 Å². The Kier molecular flexibility index (Phi) is 8.78. The third-order valence-electron chi connectivity index (χ3n) is 8.97. The smallest absolute Gasteiger partial charge is 0.264 e. The zero-order chi connectivity index (χ0) is 28.4. The van der Waals surface area contributed by atoms with Crippen LogP contribution in [0, 0.1) is 17.8 Å². The number of anilines is 1. The second kappa shape index (κ2) is 12.1. The van der Waals surface area contributed by atoms with Crippen molar-refractivity contribution in [3.8, 4) is 5.75 Å². The van der Waals surface area contributed by atoms with Gasteiger partial charge in [-0.2, -0.15) is 0 Å². The molecular weight excluding hydrogens is 548 g/mol. The van der Waals surface area contributed by atoms with Gasteiger partial charge in [0.1, 0.15) is 12.4 Å². The summed E-state index contributed by atoms with van der Waals surface area (Å²) in [7, 11) is -3.91. The Morgan fingerprint density at radius 1 is 1.07 bits per heavy atom. The lowest BCUT2D eigenvalue weighted by atomic mass is 9.70. The van der Waals surface area contributed by atoms with Crippen LogP contribution >= 0.6 is 11.6 Å². The lowest BCUT2D eigenvalue weighted by Crippen LogP contribution is -2.43. The Hall–Kier alpha value is -2.55. The average molecular weight is 587 g/mol. The minimum atomic E-state index is -3.91. The maximum absolute atomic E-state index is 13.3. The molecule has 2 aliphatic heterocycles. The summed E-state index contributed by atoms with van der Waals surface area (Å²) in [5.74, 6) is 0.210. The SMILES string of the molecule is C[C@@H]1C/C=C/[C@H](O)[C@@H]2CC[C@H]2CN2CCCCc3cc(Cl)ccc3COc3ccc(cc32)C(=O)NS(=O)(=O)[C@H]1C. The van der Waals surface area contributed by atoms with Gasteiger partial charge in [0.05, 0.1) is 17.0 Å². The first-order valence-electron chi connectivity index (χ1n) is 14.3. The number of halogens is 1. The van der Waals surface area contributed by atoms with Crippen LogP contribution in [0.2, 0.25) is 5.02 Å². The normalized spacial score (nSPS) is 29.9. The predicted molar refractivity (Wildman–Crippen MR) is 158 cm³/mol. The fraction of sp³-hybridized carbons (Fsp3) is 0.516. The van der Waals surface area contributed by atoms with Crippen molar-refractivity contribution in [2.75, 3.05) is 18.0 Å². The van der Waals surface area contributed by atoms with E-state index in [1.165, 1.54) is 5.56 Å². The van der Waals surface area contributed by atoms with Crippen molar-refractivity contribution >= 4 is 33.2 Å². The third-order valence-corrected chi connectivity index (χ3v) is 11.1. The standard InChI is InChI=1S/C31H39ClN2O5S/c1-20-6-5-8-29(35)27-13-10-24(27)18-34-15-4-3-7-22-16-26(32)12-9-25(22)19-39-30-14-11-23(17-28(30)34)31(36)33-40(37,38)21(20)2/h5,8-9,11-12,14,16-17,20-21,24,27,29,35H,3-4,6-7,10,13,15,18-19H2,1-2H3,(H,33,36)/b8-5+/t20-,21+,24+,27-,29+/m1/s1. The molecule has 2 heterocycles. The van der Waals surface area contributed by atoms with Gasteiger partial charge in [0.2, 0.25) is 10.0 Å². The molecule has 0 spiro atoms. The number of rotatable bonds is 0. The highest BCUT2D eigenvalue weighted by atomic mass is 35.5. The average Bonchev–Trinajstić information content (AvgIpc) is 2.92. The van der Waals surface area contributed by atoms with Crippen LogP contribution in [0.3, 0.4) is 0 Å². The number of amides is 1. The highest BCUT2D eigenvalue weighted by Crippen LogP contribution is 2.41. The molecule has 5 atom stereocenters. The van der Waals surface area contributed by atoms with Gasteiger partial charge in [-0.3, -0.25) is 4.79 Å². The Morgan fingerprint density at radius 3 is 2.67 bits per heavy atom. The summed E-state index contributed by atoms with van der Waals surface area (Å²) in [6.45, 7) is 5.30. The number of hydrogen-bond donors (Lipinski definition) is 2. The van der Waals surface area contributed by atoms with Gasteiger partial charge < -0.3 is 14.7 Å². The van der Waals surface area contributed by atoms with Gasteiger partial charge in [-0.1, -0.05) is 36.7 Å². The van der Waals surface area contributed by atoms with E-state index in [1.807, 2.05) is 37.3 Å². The maximum Gasteiger partial charge on any atom is 0.264 e. The molecule has 0 unspecified atom stereocenters. The zero-order valence-corrected chi connectivity index (χ0v) is 24.8. The van der Waals surface area contributed by atoms with E-state index in [-0.39, 0.29) is 17.4 Å². The number of nitrogens with zero attached hydrogens (tertiary/aromatic N) is 1. The number of aryl methyl sites for hydroxylation is 1. The monoisotopic (exact) mass is 586 g/mol. The summed E-state index contributed by atoms with van der Waals surface area (Å²) >= 11 is 6.29. The molecule has 9 heteroatoms. The van der Waals surface area contributed by atoms with E-state index in [9.17, 15) is 18.3 Å². The highest BCUT2D eigenvalue weighted by molar-refractivity contribution is 7.90. The van der Waals surface area contributed by atoms with E-state index < -0.39 is 27.3 Å². The molecule has 2 bridgehead atoms. The van der Waals surface area contributed by atoms with Crippen LogP contribution in [0.15, 0.2) is 48.6 Å². The molecular formula is C31H39ClN2O5S. The molecule has 40 heavy (non-hydrogen) atoms. The predicted octanol–water partition coefficient (Wildman–Crippen LogP) is 5.49. The number of aliphatic hydroxyl groups excluding tert-OH is 1. The number of nitrogens with one attached hydrogen (secondary N) is 1. The number of sulfonamides is 1. The van der Waals surface area contributed by atoms with Gasteiger partial charge in [-0.05, 0) is 105 Å². The molecule has 2 N–H and O–H groups in total. The molecule has 2 aromatic rings. The first kappa shape index (κ1) is 29.0. The van der Waals surface area contributed by atoms with Crippen LogP contribution in [-0.4, -0.2) is 43.9 Å². The number of hydrogen-bond acceptors (Lipinski definition) is 6. The molecule has 1 amide bonds. The van der Waals surface area contributed by atoms with Crippen molar-refractivity contribution in [3.63, 3.8) is 0 Å². The van der Waals surface area contributed by atoms with Gasteiger partial charge in [0.25, 0.3) is 5.91 Å². The van der Waals surface area contributed by atoms with E-state index >= 15 is 0 Å². The highest BCUT2D eigenvalue weighted by Gasteiger charge is 2.37. The minimum Gasteiger partial charge on any atom is -0.487 e. The minimum absolute atomic E-state index is 0.140. The van der Waals surface area contributed by atoms with E-state index in [0.29, 0.717) is 29.7 Å². The number of benzene rings is 2. The largest absolute Gasteiger partial charge is 0.487 e. The second-order valence-corrected chi connectivity index (χ2v) is 14.1. The lowest BCUT2D eigenvalue weighted by Gasteiger charge is -2.42. The number of fused-ring (bicyclic) bond motifs is 3. The van der Waals surface area contributed by atoms with E-state index in [2.05, 4.69) is 9.62 Å². The molecule has 3 aliphatic rings. The van der Waals surface area contributed by atoms with Crippen molar-refractivity contribution < 1.29 is 23.1 Å². The second-order valence-electron chi connectivity index (χ2n) is 11.6. The fourth-order valence-corrected chi connectivity index (χ4v) is 7.47. The Balaban J connectivity index is 1.54. The van der Waals surface area contributed by atoms with Gasteiger partial charge in [0.15, 0.2) is 0 Å². The molecule has 5 rings (SSSR count). The van der Waals surface area contributed by atoms with Crippen molar-refractivity contribution in [2.24, 2.45) is 17.8 Å². The van der Waals surface area contributed by atoms with E-state index in [1.54, 1.807) is 25.1 Å². The van der Waals surface area contributed by atoms with Crippen LogP contribution < -0.4 is 14.4 Å². The summed E-state index contributed by atoms with van der Waals surface area (Å²) in [5, 5.41) is 10.9. The summed E-state index contributed by atoms with van der Waals surface area (Å²) in [4.78, 5) is 15.5.